The van der Waals surface area contributed by atoms with E-state index in [1.165, 1.54) is 23.1 Å². The molecular formula is C19H18ClN3O2S2. The van der Waals surface area contributed by atoms with Gasteiger partial charge in [0.2, 0.25) is 11.8 Å². The Morgan fingerprint density at radius 2 is 1.93 bits per heavy atom. The summed E-state index contributed by atoms with van der Waals surface area (Å²) in [7, 11) is 0. The average molecular weight is 420 g/mol. The lowest BCUT2D eigenvalue weighted by molar-refractivity contribution is -0.115. The van der Waals surface area contributed by atoms with Gasteiger partial charge < -0.3 is 10.6 Å². The Bertz CT molecular complexity index is 973. The first-order valence-electron chi connectivity index (χ1n) is 8.26. The van der Waals surface area contributed by atoms with E-state index in [0.717, 1.165) is 21.5 Å². The number of rotatable bonds is 6. The Hall–Kier alpha value is -2.09. The van der Waals surface area contributed by atoms with Gasteiger partial charge in [-0.1, -0.05) is 40.6 Å². The molecule has 0 spiro atoms. The second-order valence-corrected chi connectivity index (χ2v) is 8.78. The fraction of sp³-hybridized carbons (Fsp3) is 0.211. The van der Waals surface area contributed by atoms with Gasteiger partial charge in [0.25, 0.3) is 0 Å². The van der Waals surface area contributed by atoms with Crippen LogP contribution in [0.15, 0.2) is 42.5 Å². The van der Waals surface area contributed by atoms with E-state index in [1.54, 1.807) is 13.0 Å². The maximum absolute atomic E-state index is 12.3. The van der Waals surface area contributed by atoms with Gasteiger partial charge in [-0.2, -0.15) is 0 Å². The molecule has 0 saturated heterocycles. The van der Waals surface area contributed by atoms with E-state index >= 15 is 0 Å². The molecule has 0 fully saturated rings. The van der Waals surface area contributed by atoms with Crippen molar-refractivity contribution >= 4 is 67.5 Å². The fourth-order valence-corrected chi connectivity index (χ4v) is 4.10. The lowest BCUT2D eigenvalue weighted by atomic mass is 10.2. The van der Waals surface area contributed by atoms with Gasteiger partial charge in [-0.05, 0) is 44.2 Å². The summed E-state index contributed by atoms with van der Waals surface area (Å²) < 4.78 is 0.913. The molecule has 1 unspecified atom stereocenters. The number of nitrogens with one attached hydrogen (secondary N) is 2. The third-order valence-corrected chi connectivity index (χ3v) is 6.06. The molecule has 0 saturated carbocycles. The molecule has 2 N–H and O–H groups in total. The van der Waals surface area contributed by atoms with Crippen molar-refractivity contribution in [2.75, 3.05) is 16.4 Å². The molecule has 0 aliphatic heterocycles. The molecule has 2 amide bonds. The van der Waals surface area contributed by atoms with Crippen molar-refractivity contribution in [3.8, 4) is 0 Å². The van der Waals surface area contributed by atoms with E-state index in [1.807, 2.05) is 43.3 Å². The van der Waals surface area contributed by atoms with Crippen molar-refractivity contribution in [3.05, 3.63) is 53.1 Å². The molecule has 8 heteroatoms. The zero-order valence-corrected chi connectivity index (χ0v) is 17.2. The third-order valence-electron chi connectivity index (χ3n) is 3.75. The maximum Gasteiger partial charge on any atom is 0.239 e. The summed E-state index contributed by atoms with van der Waals surface area (Å²) in [6, 6.07) is 13.0. The SMILES string of the molecule is Cc1ccc(NC(=O)CSC(C)C(=O)Nc2nc3ccc(Cl)cc3s2)cc1. The topological polar surface area (TPSA) is 71.1 Å². The molecule has 3 rings (SSSR count). The van der Waals surface area contributed by atoms with E-state index in [2.05, 4.69) is 15.6 Å². The van der Waals surface area contributed by atoms with Crippen LogP contribution in [0.3, 0.4) is 0 Å². The molecule has 27 heavy (non-hydrogen) atoms. The molecule has 0 aliphatic rings. The predicted molar refractivity (Wildman–Crippen MR) is 115 cm³/mol. The second-order valence-electron chi connectivity index (χ2n) is 5.99. The highest BCUT2D eigenvalue weighted by atomic mass is 35.5. The van der Waals surface area contributed by atoms with Crippen LogP contribution in [0.25, 0.3) is 10.2 Å². The van der Waals surface area contributed by atoms with Crippen LogP contribution >= 0.6 is 34.7 Å². The van der Waals surface area contributed by atoms with Crippen LogP contribution in [0.1, 0.15) is 12.5 Å². The van der Waals surface area contributed by atoms with Gasteiger partial charge >= 0.3 is 0 Å². The van der Waals surface area contributed by atoms with Gasteiger partial charge in [-0.3, -0.25) is 9.59 Å². The summed E-state index contributed by atoms with van der Waals surface area (Å²) in [6.45, 7) is 3.76. The summed E-state index contributed by atoms with van der Waals surface area (Å²) in [6.07, 6.45) is 0. The third kappa shape index (κ3) is 5.45. The Kier molecular flexibility index (Phi) is 6.36. The molecular weight excluding hydrogens is 402 g/mol. The van der Waals surface area contributed by atoms with Crippen LogP contribution < -0.4 is 10.6 Å². The highest BCUT2D eigenvalue weighted by molar-refractivity contribution is 8.01. The summed E-state index contributed by atoms with van der Waals surface area (Å²) in [5, 5.41) is 6.39. The van der Waals surface area contributed by atoms with Crippen LogP contribution in [0, 0.1) is 6.92 Å². The van der Waals surface area contributed by atoms with Crippen molar-refractivity contribution in [3.63, 3.8) is 0 Å². The highest BCUT2D eigenvalue weighted by Gasteiger charge is 2.17. The van der Waals surface area contributed by atoms with E-state index < -0.39 is 0 Å². The summed E-state index contributed by atoms with van der Waals surface area (Å²) in [5.74, 6) is -0.135. The molecule has 1 heterocycles. The predicted octanol–water partition coefficient (Wildman–Crippen LogP) is 4.96. The standard InChI is InChI=1S/C19H18ClN3O2S2/c1-11-3-6-14(7-4-11)21-17(24)10-26-12(2)18(25)23-19-22-15-8-5-13(20)9-16(15)27-19/h3-9,12H,10H2,1-2H3,(H,21,24)(H,22,23,25). The van der Waals surface area contributed by atoms with Crippen molar-refractivity contribution in [2.45, 2.75) is 19.1 Å². The quantitative estimate of drug-likeness (QED) is 0.592. The van der Waals surface area contributed by atoms with Gasteiger partial charge in [0.15, 0.2) is 5.13 Å². The molecule has 0 aliphatic carbocycles. The van der Waals surface area contributed by atoms with Crippen LogP contribution in [-0.2, 0) is 9.59 Å². The highest BCUT2D eigenvalue weighted by Crippen LogP contribution is 2.28. The molecule has 2 aromatic carbocycles. The number of anilines is 2. The number of carbonyl (C=O) groups excluding carboxylic acids is 2. The zero-order valence-electron chi connectivity index (χ0n) is 14.8. The lowest BCUT2D eigenvalue weighted by Crippen LogP contribution is -2.24. The van der Waals surface area contributed by atoms with Crippen molar-refractivity contribution in [1.29, 1.82) is 0 Å². The van der Waals surface area contributed by atoms with E-state index in [4.69, 9.17) is 11.6 Å². The Labute approximate surface area is 170 Å². The number of thiazole rings is 1. The number of hydrogen-bond donors (Lipinski definition) is 2. The van der Waals surface area contributed by atoms with E-state index in [9.17, 15) is 9.59 Å². The van der Waals surface area contributed by atoms with Crippen LogP contribution in [0.5, 0.6) is 0 Å². The Morgan fingerprint density at radius 3 is 2.67 bits per heavy atom. The molecule has 140 valence electrons. The van der Waals surface area contributed by atoms with Crippen molar-refractivity contribution in [2.24, 2.45) is 0 Å². The number of carbonyl (C=O) groups is 2. The first kappa shape index (κ1) is 19.7. The number of hydrogen-bond acceptors (Lipinski definition) is 5. The number of fused-ring (bicyclic) bond motifs is 1. The Morgan fingerprint density at radius 1 is 1.19 bits per heavy atom. The normalized spacial score (nSPS) is 12.0. The molecule has 3 aromatic rings. The number of benzene rings is 2. The minimum atomic E-state index is -0.385. The minimum Gasteiger partial charge on any atom is -0.325 e. The first-order valence-corrected chi connectivity index (χ1v) is 10.5. The largest absolute Gasteiger partial charge is 0.325 e. The Balaban J connectivity index is 1.50. The molecule has 5 nitrogen and oxygen atoms in total. The number of thioether (sulfide) groups is 1. The van der Waals surface area contributed by atoms with Gasteiger partial charge in [-0.25, -0.2) is 4.98 Å². The molecule has 1 aromatic heterocycles. The van der Waals surface area contributed by atoms with E-state index in [-0.39, 0.29) is 22.8 Å². The second kappa shape index (κ2) is 8.73. The summed E-state index contributed by atoms with van der Waals surface area (Å²) in [4.78, 5) is 28.8. The monoisotopic (exact) mass is 419 g/mol. The fourth-order valence-electron chi connectivity index (χ4n) is 2.27. The zero-order chi connectivity index (χ0) is 19.4. The van der Waals surface area contributed by atoms with Crippen LogP contribution in [0.4, 0.5) is 10.8 Å². The van der Waals surface area contributed by atoms with Crippen molar-refractivity contribution in [1.82, 2.24) is 4.98 Å². The van der Waals surface area contributed by atoms with Gasteiger partial charge in [-0.15, -0.1) is 11.8 Å². The summed E-state index contributed by atoms with van der Waals surface area (Å²) in [5.41, 5.74) is 2.67. The number of nitrogens with zero attached hydrogens (tertiary/aromatic N) is 1. The first-order chi connectivity index (χ1) is 12.9. The smallest absolute Gasteiger partial charge is 0.239 e. The van der Waals surface area contributed by atoms with Gasteiger partial charge in [0.1, 0.15) is 0 Å². The van der Waals surface area contributed by atoms with Gasteiger partial charge in [0.05, 0.1) is 21.2 Å². The average Bonchev–Trinajstić information content (AvgIpc) is 3.02. The van der Waals surface area contributed by atoms with Crippen LogP contribution in [-0.4, -0.2) is 27.8 Å². The lowest BCUT2D eigenvalue weighted by Gasteiger charge is -2.10. The number of amides is 2. The van der Waals surface area contributed by atoms with Gasteiger partial charge in [0, 0.05) is 10.7 Å². The van der Waals surface area contributed by atoms with Crippen molar-refractivity contribution < 1.29 is 9.59 Å². The summed E-state index contributed by atoms with van der Waals surface area (Å²) >= 11 is 8.61. The number of aromatic nitrogens is 1. The minimum absolute atomic E-state index is 0.141. The van der Waals surface area contributed by atoms with E-state index in [0.29, 0.717) is 10.2 Å². The maximum atomic E-state index is 12.3. The molecule has 0 bridgehead atoms. The van der Waals surface area contributed by atoms with Crippen LogP contribution in [0.2, 0.25) is 5.02 Å². The number of aryl methyl sites for hydroxylation is 1. The number of halogens is 1. The molecule has 1 atom stereocenters. The molecule has 0 radical (unpaired) electrons.